The van der Waals surface area contributed by atoms with E-state index < -0.39 is 27.8 Å². The predicted molar refractivity (Wildman–Crippen MR) is 142 cm³/mol. The molecule has 2 atom stereocenters. The normalized spacial score (nSPS) is 18.8. The van der Waals surface area contributed by atoms with Crippen molar-refractivity contribution in [1.82, 2.24) is 4.31 Å². The van der Waals surface area contributed by atoms with Crippen molar-refractivity contribution >= 4 is 28.3 Å². The number of hydrogen-bond acceptors (Lipinski definition) is 6. The van der Waals surface area contributed by atoms with Gasteiger partial charge in [0, 0.05) is 30.2 Å². The van der Waals surface area contributed by atoms with E-state index in [2.05, 4.69) is 12.6 Å². The topological polar surface area (TPSA) is 70.1 Å². The molecule has 1 fully saturated rings. The molecular weight excluding hydrogens is 537 g/mol. The van der Waals surface area contributed by atoms with E-state index in [9.17, 15) is 26.7 Å². The number of alkyl halides is 3. The van der Waals surface area contributed by atoms with Gasteiger partial charge in [0.25, 0.3) is 0 Å². The van der Waals surface area contributed by atoms with Crippen molar-refractivity contribution in [3.05, 3.63) is 90.0 Å². The van der Waals surface area contributed by atoms with Crippen LogP contribution in [0.3, 0.4) is 0 Å². The van der Waals surface area contributed by atoms with Crippen LogP contribution in [0.4, 0.5) is 18.9 Å². The highest BCUT2D eigenvalue weighted by atomic mass is 32.2. The second kappa shape index (κ2) is 11.3. The van der Waals surface area contributed by atoms with E-state index >= 15 is 0 Å². The lowest BCUT2D eigenvalue weighted by Gasteiger charge is -2.42. The summed E-state index contributed by atoms with van der Waals surface area (Å²) >= 11 is 4.32. The van der Waals surface area contributed by atoms with Crippen molar-refractivity contribution < 1.29 is 31.4 Å². The maximum absolute atomic E-state index is 13.4. The molecule has 0 bridgehead atoms. The Morgan fingerprint density at radius 3 is 2.24 bits per heavy atom. The molecule has 1 aliphatic rings. The minimum atomic E-state index is -4.83. The maximum Gasteiger partial charge on any atom is 0.421 e. The monoisotopic (exact) mass is 566 g/mol. The molecule has 0 amide bonds. The van der Waals surface area contributed by atoms with Gasteiger partial charge in [0.15, 0.2) is 5.60 Å². The molecule has 0 saturated carbocycles. The lowest BCUT2D eigenvalue weighted by Crippen LogP contribution is -2.56. The first-order valence-electron chi connectivity index (χ1n) is 12.0. The first-order chi connectivity index (χ1) is 17.9. The average Bonchev–Trinajstić information content (AvgIpc) is 2.89. The molecule has 1 aliphatic heterocycles. The smallest absolute Gasteiger partial charge is 0.376 e. The van der Waals surface area contributed by atoms with Crippen LogP contribution in [0.1, 0.15) is 18.1 Å². The lowest BCUT2D eigenvalue weighted by molar-refractivity contribution is -0.258. The van der Waals surface area contributed by atoms with E-state index in [1.54, 1.807) is 18.2 Å². The highest BCUT2D eigenvalue weighted by Gasteiger charge is 2.51. The van der Waals surface area contributed by atoms with Crippen LogP contribution in [-0.4, -0.2) is 56.3 Å². The summed E-state index contributed by atoms with van der Waals surface area (Å²) in [5, 5.41) is 10.0. The van der Waals surface area contributed by atoms with Gasteiger partial charge < -0.3 is 14.7 Å². The SMILES string of the molecule is C[C@](O)(c1ccc(N2CCN(S(=O)(=O)c3ccccc3S)C[C@H]2COCc2ccccc2)cc1)C(F)(F)F. The molecule has 204 valence electrons. The first kappa shape index (κ1) is 28.4. The third kappa shape index (κ3) is 6.02. The second-order valence-corrected chi connectivity index (χ2v) is 11.7. The summed E-state index contributed by atoms with van der Waals surface area (Å²) in [4.78, 5) is 2.38. The van der Waals surface area contributed by atoms with Gasteiger partial charge >= 0.3 is 6.18 Å². The van der Waals surface area contributed by atoms with Gasteiger partial charge in [-0.2, -0.15) is 17.5 Å². The number of sulfonamides is 1. The van der Waals surface area contributed by atoms with E-state index in [1.807, 2.05) is 35.2 Å². The first-order valence-corrected chi connectivity index (χ1v) is 13.9. The number of ether oxygens (including phenoxy) is 1. The van der Waals surface area contributed by atoms with Gasteiger partial charge in [-0.3, -0.25) is 0 Å². The second-order valence-electron chi connectivity index (χ2n) is 9.30. The molecule has 4 rings (SSSR count). The molecule has 0 aliphatic carbocycles. The summed E-state index contributed by atoms with van der Waals surface area (Å²) in [6.07, 6.45) is -4.83. The van der Waals surface area contributed by atoms with E-state index in [-0.39, 0.29) is 30.2 Å². The van der Waals surface area contributed by atoms with Gasteiger partial charge in [-0.05, 0) is 42.3 Å². The summed E-state index contributed by atoms with van der Waals surface area (Å²) in [6.45, 7) is 1.80. The van der Waals surface area contributed by atoms with E-state index in [0.717, 1.165) is 5.56 Å². The fourth-order valence-electron chi connectivity index (χ4n) is 4.37. The number of benzene rings is 3. The molecule has 1 saturated heterocycles. The number of thiol groups is 1. The van der Waals surface area contributed by atoms with Crippen LogP contribution in [0.5, 0.6) is 0 Å². The van der Waals surface area contributed by atoms with Gasteiger partial charge in [0.05, 0.1) is 24.2 Å². The Morgan fingerprint density at radius 2 is 1.61 bits per heavy atom. The summed E-state index contributed by atoms with van der Waals surface area (Å²) in [5.74, 6) is 0. The molecule has 38 heavy (non-hydrogen) atoms. The summed E-state index contributed by atoms with van der Waals surface area (Å²) < 4.78 is 74.1. The molecule has 0 radical (unpaired) electrons. The Balaban J connectivity index is 1.58. The van der Waals surface area contributed by atoms with Crippen LogP contribution in [0.25, 0.3) is 0 Å². The fraction of sp³-hybridized carbons (Fsp3) is 0.333. The van der Waals surface area contributed by atoms with Crippen LogP contribution < -0.4 is 4.90 Å². The number of halogens is 3. The maximum atomic E-state index is 13.4. The molecule has 1 heterocycles. The van der Waals surface area contributed by atoms with E-state index in [1.165, 1.54) is 34.6 Å². The minimum Gasteiger partial charge on any atom is -0.376 e. The van der Waals surface area contributed by atoms with Gasteiger partial charge in [0.2, 0.25) is 10.0 Å². The molecule has 3 aromatic rings. The van der Waals surface area contributed by atoms with Crippen molar-refractivity contribution in [2.45, 2.75) is 41.1 Å². The van der Waals surface area contributed by atoms with Crippen LogP contribution in [0.2, 0.25) is 0 Å². The van der Waals surface area contributed by atoms with Crippen LogP contribution in [0.15, 0.2) is 88.7 Å². The van der Waals surface area contributed by atoms with Gasteiger partial charge in [-0.1, -0.05) is 54.6 Å². The Morgan fingerprint density at radius 1 is 0.974 bits per heavy atom. The zero-order chi connectivity index (χ0) is 27.6. The molecule has 0 unspecified atom stereocenters. The zero-order valence-corrected chi connectivity index (χ0v) is 22.4. The van der Waals surface area contributed by atoms with E-state index in [0.29, 0.717) is 30.7 Å². The van der Waals surface area contributed by atoms with Crippen molar-refractivity contribution in [3.63, 3.8) is 0 Å². The van der Waals surface area contributed by atoms with Gasteiger partial charge in [-0.15, -0.1) is 12.6 Å². The summed E-state index contributed by atoms with van der Waals surface area (Å²) in [7, 11) is -3.83. The van der Waals surface area contributed by atoms with Crippen LogP contribution >= 0.6 is 12.6 Å². The molecular formula is C27H29F3N2O4S2. The number of hydrogen-bond donors (Lipinski definition) is 2. The number of anilines is 1. The highest BCUT2D eigenvalue weighted by molar-refractivity contribution is 7.90. The molecule has 3 aromatic carbocycles. The number of aliphatic hydroxyl groups is 1. The van der Waals surface area contributed by atoms with Crippen LogP contribution in [0, 0.1) is 0 Å². The largest absolute Gasteiger partial charge is 0.421 e. The summed E-state index contributed by atoms with van der Waals surface area (Å²) in [5.41, 5.74) is -1.71. The molecule has 0 spiro atoms. The minimum absolute atomic E-state index is 0.111. The Labute approximate surface area is 226 Å². The number of piperazine rings is 1. The van der Waals surface area contributed by atoms with Crippen molar-refractivity contribution in [2.24, 2.45) is 0 Å². The zero-order valence-electron chi connectivity index (χ0n) is 20.7. The predicted octanol–water partition coefficient (Wildman–Crippen LogP) is 4.84. The van der Waals surface area contributed by atoms with Crippen molar-refractivity contribution in [2.75, 3.05) is 31.1 Å². The third-order valence-electron chi connectivity index (χ3n) is 6.66. The highest BCUT2D eigenvalue weighted by Crippen LogP contribution is 2.39. The van der Waals surface area contributed by atoms with Crippen LogP contribution in [-0.2, 0) is 27.0 Å². The number of rotatable bonds is 8. The quantitative estimate of drug-likeness (QED) is 0.382. The third-order valence-corrected chi connectivity index (χ3v) is 9.13. The average molecular weight is 567 g/mol. The van der Waals surface area contributed by atoms with Gasteiger partial charge in [-0.25, -0.2) is 8.42 Å². The van der Waals surface area contributed by atoms with Crippen molar-refractivity contribution in [1.29, 1.82) is 0 Å². The Kier molecular flexibility index (Phi) is 8.43. The van der Waals surface area contributed by atoms with Crippen molar-refractivity contribution in [3.8, 4) is 0 Å². The standard InChI is InChI=1S/C27H29F3N2O4S2/c1-26(33,27(28,29)30)21-11-13-22(14-12-21)32-16-15-31(38(34,35)25-10-6-5-9-24(25)37)17-23(32)19-36-18-20-7-3-2-4-8-20/h2-14,23,33,37H,15-19H2,1H3/t23-,26-/m0/s1. The molecule has 11 heteroatoms. The van der Waals surface area contributed by atoms with Gasteiger partial charge in [0.1, 0.15) is 0 Å². The number of nitrogens with zero attached hydrogens (tertiary/aromatic N) is 2. The Hall–Kier alpha value is -2.57. The van der Waals surface area contributed by atoms with E-state index in [4.69, 9.17) is 4.74 Å². The lowest BCUT2D eigenvalue weighted by atomic mass is 9.95. The fourth-order valence-corrected chi connectivity index (χ4v) is 6.43. The summed E-state index contributed by atoms with van der Waals surface area (Å²) in [6, 6.07) is 21.1. The molecule has 1 N–H and O–H groups in total. The molecule has 0 aromatic heterocycles. The molecule has 6 nitrogen and oxygen atoms in total. The Bertz CT molecular complexity index is 1330.